The highest BCUT2D eigenvalue weighted by Gasteiger charge is 2.12. The maximum Gasteiger partial charge on any atom is 0.337 e. The number of aromatic carboxylic acids is 1. The van der Waals surface area contributed by atoms with Crippen LogP contribution >= 0.6 is 0 Å². The molecule has 0 aliphatic carbocycles. The fraction of sp³-hybridized carbons (Fsp3) is 0.0667. The molecule has 1 amide bonds. The van der Waals surface area contributed by atoms with E-state index in [1.54, 1.807) is 18.2 Å². The number of carbonyl (C=O) groups is 2. The summed E-state index contributed by atoms with van der Waals surface area (Å²) in [7, 11) is 0. The molecule has 0 aliphatic heterocycles. The largest absolute Gasteiger partial charge is 0.478 e. The number of rotatable bonds is 3. The molecule has 2 rings (SSSR count). The van der Waals surface area contributed by atoms with Crippen LogP contribution in [0.5, 0.6) is 0 Å². The summed E-state index contributed by atoms with van der Waals surface area (Å²) < 4.78 is 0. The molecule has 0 aliphatic rings. The number of hydrogen-bond acceptors (Lipinski definition) is 2. The molecular weight excluding hydrogens is 242 g/mol. The second-order valence-electron chi connectivity index (χ2n) is 4.11. The van der Waals surface area contributed by atoms with Crippen molar-refractivity contribution in [1.29, 1.82) is 0 Å². The van der Waals surface area contributed by atoms with E-state index in [1.807, 2.05) is 30.3 Å². The van der Waals surface area contributed by atoms with Crippen LogP contribution < -0.4 is 5.32 Å². The van der Waals surface area contributed by atoms with Gasteiger partial charge in [-0.3, -0.25) is 4.79 Å². The van der Waals surface area contributed by atoms with Crippen LogP contribution in [0, 0.1) is 0 Å². The van der Waals surface area contributed by atoms with Crippen molar-refractivity contribution in [3.05, 3.63) is 54.1 Å². The van der Waals surface area contributed by atoms with Crippen molar-refractivity contribution in [3.63, 3.8) is 0 Å². The molecule has 0 saturated heterocycles. The number of amides is 1. The molecule has 4 heteroatoms. The van der Waals surface area contributed by atoms with Crippen molar-refractivity contribution in [2.45, 2.75) is 6.92 Å². The third-order valence-electron chi connectivity index (χ3n) is 2.67. The minimum atomic E-state index is -1.07. The average molecular weight is 255 g/mol. The standard InChI is InChI=1S/C15H13NO3/c1-10(17)16-14-8-7-12(9-13(14)15(18)19)11-5-3-2-4-6-11/h2-9H,1H3,(H,16,17)(H,18,19). The van der Waals surface area contributed by atoms with Gasteiger partial charge in [-0.05, 0) is 23.3 Å². The molecular formula is C15H13NO3. The SMILES string of the molecule is CC(=O)Nc1ccc(-c2ccccc2)cc1C(=O)O. The van der Waals surface area contributed by atoms with Crippen LogP contribution in [0.25, 0.3) is 11.1 Å². The summed E-state index contributed by atoms with van der Waals surface area (Å²) in [5.74, 6) is -1.36. The van der Waals surface area contributed by atoms with Gasteiger partial charge in [-0.1, -0.05) is 36.4 Å². The Labute approximate surface area is 110 Å². The maximum atomic E-state index is 11.2. The minimum Gasteiger partial charge on any atom is -0.478 e. The van der Waals surface area contributed by atoms with Crippen LogP contribution in [0.1, 0.15) is 17.3 Å². The quantitative estimate of drug-likeness (QED) is 0.885. The molecule has 19 heavy (non-hydrogen) atoms. The van der Waals surface area contributed by atoms with Gasteiger partial charge in [0, 0.05) is 6.92 Å². The van der Waals surface area contributed by atoms with Crippen molar-refractivity contribution in [2.24, 2.45) is 0 Å². The molecule has 0 unspecified atom stereocenters. The molecule has 0 saturated carbocycles. The van der Waals surface area contributed by atoms with Gasteiger partial charge in [0.15, 0.2) is 0 Å². The normalized spacial score (nSPS) is 9.95. The zero-order chi connectivity index (χ0) is 13.8. The van der Waals surface area contributed by atoms with Crippen molar-refractivity contribution in [2.75, 3.05) is 5.32 Å². The molecule has 0 bridgehead atoms. The molecule has 2 aromatic carbocycles. The van der Waals surface area contributed by atoms with E-state index in [0.29, 0.717) is 5.69 Å². The van der Waals surface area contributed by atoms with Crippen LogP contribution in [0.15, 0.2) is 48.5 Å². The van der Waals surface area contributed by atoms with Crippen molar-refractivity contribution >= 4 is 17.6 Å². The van der Waals surface area contributed by atoms with Gasteiger partial charge in [0.05, 0.1) is 11.3 Å². The van der Waals surface area contributed by atoms with Gasteiger partial charge in [-0.2, -0.15) is 0 Å². The number of hydrogen-bond donors (Lipinski definition) is 2. The van der Waals surface area contributed by atoms with Gasteiger partial charge in [0.2, 0.25) is 5.91 Å². The molecule has 0 heterocycles. The number of carboxylic acid groups (broad SMARTS) is 1. The predicted octanol–water partition coefficient (Wildman–Crippen LogP) is 3.01. The summed E-state index contributed by atoms with van der Waals surface area (Å²) in [6.45, 7) is 1.34. The van der Waals surface area contributed by atoms with Crippen LogP contribution in [0.4, 0.5) is 5.69 Å². The minimum absolute atomic E-state index is 0.0801. The fourth-order valence-corrected chi connectivity index (χ4v) is 1.83. The highest BCUT2D eigenvalue weighted by molar-refractivity contribution is 6.01. The Morgan fingerprint density at radius 1 is 1.00 bits per heavy atom. The molecule has 2 N–H and O–H groups in total. The monoisotopic (exact) mass is 255 g/mol. The number of benzene rings is 2. The first kappa shape index (κ1) is 12.8. The molecule has 4 nitrogen and oxygen atoms in total. The van der Waals surface area contributed by atoms with E-state index in [0.717, 1.165) is 11.1 Å². The molecule has 0 aromatic heterocycles. The number of carboxylic acids is 1. The zero-order valence-corrected chi connectivity index (χ0v) is 10.4. The number of anilines is 1. The van der Waals surface area contributed by atoms with Crippen molar-refractivity contribution < 1.29 is 14.7 Å². The first-order chi connectivity index (χ1) is 9.08. The summed E-state index contributed by atoms with van der Waals surface area (Å²) in [4.78, 5) is 22.3. The van der Waals surface area contributed by atoms with Gasteiger partial charge < -0.3 is 10.4 Å². The Bertz CT molecular complexity index is 621. The molecule has 96 valence electrons. The summed E-state index contributed by atoms with van der Waals surface area (Å²) in [6, 6.07) is 14.4. The molecule has 0 fully saturated rings. The maximum absolute atomic E-state index is 11.2. The lowest BCUT2D eigenvalue weighted by Crippen LogP contribution is -2.10. The summed E-state index contributed by atoms with van der Waals surface area (Å²) in [6.07, 6.45) is 0. The zero-order valence-electron chi connectivity index (χ0n) is 10.4. The summed E-state index contributed by atoms with van der Waals surface area (Å²) in [5.41, 5.74) is 2.11. The van der Waals surface area contributed by atoms with Crippen LogP contribution in [0.2, 0.25) is 0 Å². The first-order valence-corrected chi connectivity index (χ1v) is 5.78. The van der Waals surface area contributed by atoms with E-state index >= 15 is 0 Å². The van der Waals surface area contributed by atoms with Gasteiger partial charge >= 0.3 is 5.97 Å². The lowest BCUT2D eigenvalue weighted by Gasteiger charge is -2.09. The predicted molar refractivity (Wildman–Crippen MR) is 73.1 cm³/mol. The van der Waals surface area contributed by atoms with E-state index in [9.17, 15) is 14.7 Å². The number of nitrogens with one attached hydrogen (secondary N) is 1. The smallest absolute Gasteiger partial charge is 0.337 e. The Morgan fingerprint density at radius 2 is 1.68 bits per heavy atom. The van der Waals surface area contributed by atoms with Gasteiger partial charge in [0.25, 0.3) is 0 Å². The third kappa shape index (κ3) is 2.98. The molecule has 2 aromatic rings. The van der Waals surface area contributed by atoms with Crippen LogP contribution in [0.3, 0.4) is 0 Å². The highest BCUT2D eigenvalue weighted by Crippen LogP contribution is 2.25. The van der Waals surface area contributed by atoms with Crippen molar-refractivity contribution in [3.8, 4) is 11.1 Å². The summed E-state index contributed by atoms with van der Waals surface area (Å²) >= 11 is 0. The van der Waals surface area contributed by atoms with E-state index in [4.69, 9.17) is 0 Å². The Hall–Kier alpha value is -2.62. The second kappa shape index (κ2) is 5.35. The molecule has 0 radical (unpaired) electrons. The fourth-order valence-electron chi connectivity index (χ4n) is 1.83. The lowest BCUT2D eigenvalue weighted by atomic mass is 10.0. The Morgan fingerprint density at radius 3 is 2.26 bits per heavy atom. The third-order valence-corrected chi connectivity index (χ3v) is 2.67. The second-order valence-corrected chi connectivity index (χ2v) is 4.11. The first-order valence-electron chi connectivity index (χ1n) is 5.78. The van der Waals surface area contributed by atoms with Gasteiger partial charge in [0.1, 0.15) is 0 Å². The van der Waals surface area contributed by atoms with E-state index < -0.39 is 5.97 Å². The molecule has 0 spiro atoms. The number of carbonyl (C=O) groups excluding carboxylic acids is 1. The van der Waals surface area contributed by atoms with E-state index in [2.05, 4.69) is 5.32 Å². The van der Waals surface area contributed by atoms with E-state index in [1.165, 1.54) is 6.92 Å². The highest BCUT2D eigenvalue weighted by atomic mass is 16.4. The lowest BCUT2D eigenvalue weighted by molar-refractivity contribution is -0.114. The van der Waals surface area contributed by atoms with E-state index in [-0.39, 0.29) is 11.5 Å². The van der Waals surface area contributed by atoms with Gasteiger partial charge in [-0.25, -0.2) is 4.79 Å². The van der Waals surface area contributed by atoms with Crippen molar-refractivity contribution in [1.82, 2.24) is 0 Å². The molecule has 0 atom stereocenters. The summed E-state index contributed by atoms with van der Waals surface area (Å²) in [5, 5.41) is 11.7. The van der Waals surface area contributed by atoms with Crippen LogP contribution in [-0.2, 0) is 4.79 Å². The average Bonchev–Trinajstić information content (AvgIpc) is 2.39. The topological polar surface area (TPSA) is 66.4 Å². The van der Waals surface area contributed by atoms with Gasteiger partial charge in [-0.15, -0.1) is 0 Å². The Balaban J connectivity index is 2.48. The Kier molecular flexibility index (Phi) is 3.61. The van der Waals surface area contributed by atoms with Crippen LogP contribution in [-0.4, -0.2) is 17.0 Å².